The number of anilines is 2. The van der Waals surface area contributed by atoms with E-state index in [1.54, 1.807) is 12.1 Å². The lowest BCUT2D eigenvalue weighted by Gasteiger charge is -2.15. The summed E-state index contributed by atoms with van der Waals surface area (Å²) in [5.41, 5.74) is 0.939. The van der Waals surface area contributed by atoms with Crippen molar-refractivity contribution in [3.63, 3.8) is 0 Å². The third-order valence-corrected chi connectivity index (χ3v) is 3.64. The second kappa shape index (κ2) is 8.43. The Hall–Kier alpha value is -2.67. The zero-order chi connectivity index (χ0) is 18.4. The Balaban J connectivity index is 2.06. The Morgan fingerprint density at radius 2 is 1.72 bits per heavy atom. The minimum atomic E-state index is -0.474. The molecule has 1 amide bonds. The molecule has 0 spiro atoms. The number of ether oxygens (including phenoxy) is 3. The summed E-state index contributed by atoms with van der Waals surface area (Å²) in [6, 6.07) is 7.10. The topological polar surface area (TPSA) is 68.8 Å². The predicted molar refractivity (Wildman–Crippen MR) is 94.6 cm³/mol. The summed E-state index contributed by atoms with van der Waals surface area (Å²) in [6.45, 7) is -0.0354. The normalized spacial score (nSPS) is 10.1. The second-order valence-electron chi connectivity index (χ2n) is 4.94. The predicted octanol–water partition coefficient (Wildman–Crippen LogP) is 3.56. The molecular weight excluding hydrogens is 351 g/mol. The monoisotopic (exact) mass is 368 g/mol. The average Bonchev–Trinajstić information content (AvgIpc) is 2.61. The largest absolute Gasteiger partial charge is 0.493 e. The highest BCUT2D eigenvalue weighted by Gasteiger charge is 2.14. The van der Waals surface area contributed by atoms with Crippen LogP contribution in [0.1, 0.15) is 0 Å². The quantitative estimate of drug-likeness (QED) is 0.782. The molecule has 0 fully saturated rings. The smallest absolute Gasteiger partial charge is 0.243 e. The third kappa shape index (κ3) is 4.67. The van der Waals surface area contributed by atoms with Gasteiger partial charge < -0.3 is 24.8 Å². The molecule has 0 unspecified atom stereocenters. The molecule has 8 heteroatoms. The number of methoxy groups -OCH3 is 3. The molecule has 0 aliphatic heterocycles. The van der Waals surface area contributed by atoms with Crippen LogP contribution in [0.5, 0.6) is 17.2 Å². The number of rotatable bonds is 7. The summed E-state index contributed by atoms with van der Waals surface area (Å²) in [5.74, 6) is 0.566. The van der Waals surface area contributed by atoms with Gasteiger partial charge in [-0.25, -0.2) is 4.39 Å². The van der Waals surface area contributed by atoms with Crippen molar-refractivity contribution >= 4 is 28.9 Å². The molecule has 2 aromatic carbocycles. The zero-order valence-corrected chi connectivity index (χ0v) is 14.7. The fourth-order valence-electron chi connectivity index (χ4n) is 2.15. The first kappa shape index (κ1) is 18.7. The van der Waals surface area contributed by atoms with Crippen molar-refractivity contribution in [1.29, 1.82) is 0 Å². The molecule has 0 saturated heterocycles. The molecule has 134 valence electrons. The van der Waals surface area contributed by atoms with Crippen LogP contribution in [0.4, 0.5) is 15.8 Å². The van der Waals surface area contributed by atoms with Crippen LogP contribution in [0.2, 0.25) is 5.02 Å². The lowest BCUT2D eigenvalue weighted by atomic mass is 10.2. The minimum absolute atomic E-state index is 0.0354. The number of carbonyl (C=O) groups is 1. The van der Waals surface area contributed by atoms with E-state index in [4.69, 9.17) is 25.8 Å². The maximum Gasteiger partial charge on any atom is 0.243 e. The third-order valence-electron chi connectivity index (χ3n) is 3.32. The minimum Gasteiger partial charge on any atom is -0.493 e. The molecule has 2 rings (SSSR count). The van der Waals surface area contributed by atoms with E-state index in [2.05, 4.69) is 10.6 Å². The van der Waals surface area contributed by atoms with Gasteiger partial charge in [-0.05, 0) is 18.2 Å². The molecule has 6 nitrogen and oxygen atoms in total. The Morgan fingerprint density at radius 1 is 1.08 bits per heavy atom. The molecule has 0 aliphatic carbocycles. The van der Waals surface area contributed by atoms with Gasteiger partial charge in [0.15, 0.2) is 11.5 Å². The average molecular weight is 369 g/mol. The first-order chi connectivity index (χ1) is 12.0. The van der Waals surface area contributed by atoms with Crippen LogP contribution in [-0.2, 0) is 4.79 Å². The molecular formula is C17H18ClFN2O4. The fraction of sp³-hybridized carbons (Fsp3) is 0.235. The zero-order valence-electron chi connectivity index (χ0n) is 14.0. The summed E-state index contributed by atoms with van der Waals surface area (Å²) in [7, 11) is 4.52. The maximum atomic E-state index is 13.0. The highest BCUT2D eigenvalue weighted by Crippen LogP contribution is 2.39. The van der Waals surface area contributed by atoms with Crippen LogP contribution in [0.25, 0.3) is 0 Å². The summed E-state index contributed by atoms with van der Waals surface area (Å²) >= 11 is 5.88. The van der Waals surface area contributed by atoms with Gasteiger partial charge in [-0.1, -0.05) is 11.6 Å². The fourth-order valence-corrected chi connectivity index (χ4v) is 2.37. The molecule has 0 heterocycles. The van der Waals surface area contributed by atoms with Gasteiger partial charge in [-0.15, -0.1) is 0 Å². The molecule has 0 saturated carbocycles. The maximum absolute atomic E-state index is 13.0. The van der Waals surface area contributed by atoms with Crippen LogP contribution >= 0.6 is 11.6 Å². The van der Waals surface area contributed by atoms with Crippen molar-refractivity contribution in [2.45, 2.75) is 0 Å². The van der Waals surface area contributed by atoms with Gasteiger partial charge in [0.05, 0.1) is 38.6 Å². The van der Waals surface area contributed by atoms with Crippen molar-refractivity contribution < 1.29 is 23.4 Å². The summed E-state index contributed by atoms with van der Waals surface area (Å²) < 4.78 is 28.8. The van der Waals surface area contributed by atoms with Crippen molar-refractivity contribution in [2.75, 3.05) is 38.5 Å². The van der Waals surface area contributed by atoms with Gasteiger partial charge in [-0.3, -0.25) is 4.79 Å². The molecule has 2 aromatic rings. The molecule has 0 aromatic heterocycles. The van der Waals surface area contributed by atoms with Crippen molar-refractivity contribution in [3.05, 3.63) is 41.2 Å². The van der Waals surface area contributed by atoms with E-state index in [9.17, 15) is 9.18 Å². The van der Waals surface area contributed by atoms with Crippen molar-refractivity contribution in [3.8, 4) is 17.2 Å². The Bertz CT molecular complexity index is 745. The number of hydrogen-bond donors (Lipinski definition) is 2. The van der Waals surface area contributed by atoms with E-state index in [-0.39, 0.29) is 17.5 Å². The summed E-state index contributed by atoms with van der Waals surface area (Å²) in [6.07, 6.45) is 0. The Morgan fingerprint density at radius 3 is 2.24 bits per heavy atom. The van der Waals surface area contributed by atoms with Gasteiger partial charge in [0.2, 0.25) is 11.7 Å². The molecule has 0 bridgehead atoms. The lowest BCUT2D eigenvalue weighted by Crippen LogP contribution is -2.22. The number of benzene rings is 2. The van der Waals surface area contributed by atoms with Crippen LogP contribution in [0, 0.1) is 5.82 Å². The number of hydrogen-bond acceptors (Lipinski definition) is 5. The van der Waals surface area contributed by atoms with Gasteiger partial charge >= 0.3 is 0 Å². The van der Waals surface area contributed by atoms with Crippen LogP contribution in [0.15, 0.2) is 30.3 Å². The van der Waals surface area contributed by atoms with Crippen LogP contribution in [0.3, 0.4) is 0 Å². The standard InChI is InChI=1S/C17H18ClFN2O4/c1-23-14-7-11(8-15(24-2)17(14)25-3)20-9-16(22)21-13-5-4-10(19)6-12(13)18/h4-8,20H,9H2,1-3H3,(H,21,22). The highest BCUT2D eigenvalue weighted by atomic mass is 35.5. The van der Waals surface area contributed by atoms with Crippen molar-refractivity contribution in [2.24, 2.45) is 0 Å². The Labute approximate surface area is 149 Å². The van der Waals surface area contributed by atoms with Gasteiger partial charge in [0, 0.05) is 17.8 Å². The molecule has 25 heavy (non-hydrogen) atoms. The first-order valence-corrected chi connectivity index (χ1v) is 7.65. The van der Waals surface area contributed by atoms with Crippen LogP contribution < -0.4 is 24.8 Å². The second-order valence-corrected chi connectivity index (χ2v) is 5.35. The molecule has 0 aliphatic rings. The number of carbonyl (C=O) groups excluding carboxylic acids is 1. The van der Waals surface area contributed by atoms with E-state index >= 15 is 0 Å². The molecule has 2 N–H and O–H groups in total. The van der Waals surface area contributed by atoms with E-state index < -0.39 is 5.82 Å². The lowest BCUT2D eigenvalue weighted by molar-refractivity contribution is -0.114. The van der Waals surface area contributed by atoms with Gasteiger partial charge in [0.25, 0.3) is 0 Å². The van der Waals surface area contributed by atoms with Gasteiger partial charge in [-0.2, -0.15) is 0 Å². The summed E-state index contributed by atoms with van der Waals surface area (Å²) in [5, 5.41) is 5.68. The summed E-state index contributed by atoms with van der Waals surface area (Å²) in [4.78, 5) is 12.0. The first-order valence-electron chi connectivity index (χ1n) is 7.27. The number of nitrogens with one attached hydrogen (secondary N) is 2. The molecule has 0 radical (unpaired) electrons. The van der Waals surface area contributed by atoms with Crippen molar-refractivity contribution in [1.82, 2.24) is 0 Å². The Kier molecular flexibility index (Phi) is 6.30. The SMILES string of the molecule is COc1cc(NCC(=O)Nc2ccc(F)cc2Cl)cc(OC)c1OC. The number of halogens is 2. The van der Waals surface area contributed by atoms with Crippen LogP contribution in [-0.4, -0.2) is 33.8 Å². The van der Waals surface area contributed by atoms with Gasteiger partial charge in [0.1, 0.15) is 5.82 Å². The van der Waals surface area contributed by atoms with E-state index in [1.807, 2.05) is 0 Å². The van der Waals surface area contributed by atoms with E-state index in [0.29, 0.717) is 28.6 Å². The number of amides is 1. The molecule has 0 atom stereocenters. The van der Waals surface area contributed by atoms with E-state index in [1.165, 1.54) is 33.5 Å². The highest BCUT2D eigenvalue weighted by molar-refractivity contribution is 6.33. The van der Waals surface area contributed by atoms with E-state index in [0.717, 1.165) is 6.07 Å².